The predicted molar refractivity (Wildman–Crippen MR) is 125 cm³/mol. The summed E-state index contributed by atoms with van der Waals surface area (Å²) in [5.41, 5.74) is 2.61. The summed E-state index contributed by atoms with van der Waals surface area (Å²) < 4.78 is 33.5. The number of benzene rings is 3. The molecular formula is C25H22ClNO4S. The van der Waals surface area contributed by atoms with Crippen LogP contribution in [0.15, 0.2) is 89.3 Å². The van der Waals surface area contributed by atoms with E-state index in [4.69, 9.17) is 16.3 Å². The minimum Gasteiger partial charge on any atom is -0.466 e. The minimum atomic E-state index is -3.90. The summed E-state index contributed by atoms with van der Waals surface area (Å²) in [5.74, 6) is -0.586. The van der Waals surface area contributed by atoms with Gasteiger partial charge in [-0.1, -0.05) is 77.8 Å². The van der Waals surface area contributed by atoms with Crippen LogP contribution in [0.25, 0.3) is 6.08 Å². The van der Waals surface area contributed by atoms with E-state index in [-0.39, 0.29) is 10.5 Å². The van der Waals surface area contributed by atoms with Crippen molar-refractivity contribution in [3.8, 4) is 0 Å². The molecule has 5 nitrogen and oxygen atoms in total. The Balaban J connectivity index is 1.85. The number of halogens is 1. The monoisotopic (exact) mass is 467 g/mol. The van der Waals surface area contributed by atoms with Crippen LogP contribution in [0.4, 0.5) is 0 Å². The third-order valence-electron chi connectivity index (χ3n) is 5.44. The summed E-state index contributed by atoms with van der Waals surface area (Å²) in [6.45, 7) is 1.89. The van der Waals surface area contributed by atoms with Gasteiger partial charge in [-0.3, -0.25) is 0 Å². The standard InChI is InChI=1S/C25H22ClNO4S/c1-17-12-14-19(15-13-17)32(29,30)27-23(20-10-6-7-11-22(20)26)24(27)21(25(28)31-2)16-18-8-4-3-5-9-18/h3-16,23-24H,1-2H3/b21-16+/t23-,24-,27?/m1/s1. The van der Waals surface area contributed by atoms with Crippen molar-refractivity contribution in [2.45, 2.75) is 23.9 Å². The van der Waals surface area contributed by atoms with Crippen molar-refractivity contribution in [1.29, 1.82) is 0 Å². The lowest BCUT2D eigenvalue weighted by Gasteiger charge is -2.09. The van der Waals surface area contributed by atoms with Gasteiger partial charge in [0.1, 0.15) is 0 Å². The van der Waals surface area contributed by atoms with Crippen LogP contribution in [0, 0.1) is 6.92 Å². The second-order valence-electron chi connectivity index (χ2n) is 7.56. The Morgan fingerprint density at radius 3 is 2.22 bits per heavy atom. The number of carbonyl (C=O) groups excluding carboxylic acids is 1. The number of carbonyl (C=O) groups is 1. The van der Waals surface area contributed by atoms with E-state index in [0.717, 1.165) is 11.1 Å². The molecule has 164 valence electrons. The Labute approximate surface area is 193 Å². The minimum absolute atomic E-state index is 0.159. The van der Waals surface area contributed by atoms with Crippen molar-refractivity contribution in [2.24, 2.45) is 0 Å². The first-order valence-corrected chi connectivity index (χ1v) is 11.9. The molecule has 3 aromatic rings. The summed E-state index contributed by atoms with van der Waals surface area (Å²) in [7, 11) is -2.61. The fourth-order valence-corrected chi connectivity index (χ4v) is 5.76. The third-order valence-corrected chi connectivity index (χ3v) is 7.66. The lowest BCUT2D eigenvalue weighted by atomic mass is 10.0. The molecule has 1 saturated heterocycles. The number of rotatable bonds is 6. The van der Waals surface area contributed by atoms with E-state index in [9.17, 15) is 13.2 Å². The Morgan fingerprint density at radius 1 is 0.969 bits per heavy atom. The maximum absolute atomic E-state index is 13.6. The number of hydrogen-bond acceptors (Lipinski definition) is 4. The van der Waals surface area contributed by atoms with Crippen LogP contribution in [-0.4, -0.2) is 31.8 Å². The smallest absolute Gasteiger partial charge is 0.335 e. The van der Waals surface area contributed by atoms with E-state index >= 15 is 0 Å². The van der Waals surface area contributed by atoms with Gasteiger partial charge in [0.15, 0.2) is 0 Å². The number of hydrogen-bond donors (Lipinski definition) is 0. The molecule has 1 fully saturated rings. The first-order valence-electron chi connectivity index (χ1n) is 10.0. The van der Waals surface area contributed by atoms with Gasteiger partial charge in [-0.05, 0) is 42.3 Å². The molecule has 0 aromatic heterocycles. The zero-order valence-corrected chi connectivity index (χ0v) is 19.2. The number of sulfonamides is 1. The van der Waals surface area contributed by atoms with Gasteiger partial charge in [0.05, 0.1) is 29.7 Å². The highest BCUT2D eigenvalue weighted by atomic mass is 35.5. The number of ether oxygens (including phenoxy) is 1. The SMILES string of the molecule is COC(=O)/C(=C/c1ccccc1)[C@@H]1[C@@H](c2ccccc2Cl)N1S(=O)(=O)c1ccc(C)cc1. The molecule has 0 amide bonds. The summed E-state index contributed by atoms with van der Waals surface area (Å²) in [6, 6.07) is 21.6. The molecule has 0 bridgehead atoms. The Kier molecular flexibility index (Phi) is 6.20. The molecule has 1 aliphatic rings. The number of methoxy groups -OCH3 is 1. The topological polar surface area (TPSA) is 63.5 Å². The highest BCUT2D eigenvalue weighted by molar-refractivity contribution is 7.89. The first kappa shape index (κ1) is 22.3. The van der Waals surface area contributed by atoms with Crippen LogP contribution in [0.1, 0.15) is 22.7 Å². The summed E-state index contributed by atoms with van der Waals surface area (Å²) in [5, 5.41) is 0.438. The summed E-state index contributed by atoms with van der Waals surface area (Å²) in [6.07, 6.45) is 1.67. The molecule has 1 heterocycles. The zero-order chi connectivity index (χ0) is 22.9. The maximum Gasteiger partial charge on any atom is 0.335 e. The molecule has 0 spiro atoms. The van der Waals surface area contributed by atoms with Crippen molar-refractivity contribution in [2.75, 3.05) is 7.11 Å². The van der Waals surface area contributed by atoms with E-state index in [2.05, 4.69) is 0 Å². The van der Waals surface area contributed by atoms with Gasteiger partial charge < -0.3 is 4.74 Å². The molecule has 0 N–H and O–H groups in total. The lowest BCUT2D eigenvalue weighted by Crippen LogP contribution is -2.19. The molecule has 1 unspecified atom stereocenters. The second kappa shape index (κ2) is 8.90. The molecule has 3 aromatic carbocycles. The fourth-order valence-electron chi connectivity index (χ4n) is 3.78. The van der Waals surface area contributed by atoms with Crippen LogP contribution >= 0.6 is 11.6 Å². The van der Waals surface area contributed by atoms with Gasteiger partial charge in [-0.2, -0.15) is 4.31 Å². The van der Waals surface area contributed by atoms with Crippen molar-refractivity contribution < 1.29 is 17.9 Å². The predicted octanol–water partition coefficient (Wildman–Crippen LogP) is 5.02. The second-order valence-corrected chi connectivity index (χ2v) is 9.81. The molecule has 32 heavy (non-hydrogen) atoms. The van der Waals surface area contributed by atoms with E-state index in [1.165, 1.54) is 11.4 Å². The first-order chi connectivity index (χ1) is 15.3. The van der Waals surface area contributed by atoms with E-state index < -0.39 is 28.1 Å². The van der Waals surface area contributed by atoms with Crippen LogP contribution < -0.4 is 0 Å². The van der Waals surface area contributed by atoms with Gasteiger partial charge in [0.2, 0.25) is 10.0 Å². The highest BCUT2D eigenvalue weighted by Gasteiger charge is 2.60. The molecule has 0 saturated carbocycles. The molecule has 0 radical (unpaired) electrons. The molecule has 0 aliphatic carbocycles. The lowest BCUT2D eigenvalue weighted by molar-refractivity contribution is -0.136. The Morgan fingerprint density at radius 2 is 1.59 bits per heavy atom. The van der Waals surface area contributed by atoms with E-state index in [1.807, 2.05) is 37.3 Å². The van der Waals surface area contributed by atoms with Gasteiger partial charge >= 0.3 is 5.97 Å². The van der Waals surface area contributed by atoms with Crippen molar-refractivity contribution in [3.63, 3.8) is 0 Å². The average molecular weight is 468 g/mol. The van der Waals surface area contributed by atoms with Gasteiger partial charge in [0.25, 0.3) is 0 Å². The fraction of sp³-hybridized carbons (Fsp3) is 0.160. The van der Waals surface area contributed by atoms with Gasteiger partial charge in [-0.15, -0.1) is 0 Å². The number of nitrogens with zero attached hydrogens (tertiary/aromatic N) is 1. The zero-order valence-electron chi connectivity index (χ0n) is 17.6. The van der Waals surface area contributed by atoms with Crippen molar-refractivity contribution >= 4 is 33.7 Å². The average Bonchev–Trinajstić information content (AvgIpc) is 3.54. The largest absolute Gasteiger partial charge is 0.466 e. The third kappa shape index (κ3) is 4.21. The van der Waals surface area contributed by atoms with Crippen LogP contribution in [-0.2, 0) is 19.6 Å². The van der Waals surface area contributed by atoms with Gasteiger partial charge in [-0.25, -0.2) is 13.2 Å². The Bertz CT molecular complexity index is 1270. The quantitative estimate of drug-likeness (QED) is 0.290. The molecule has 1 aliphatic heterocycles. The van der Waals surface area contributed by atoms with E-state index in [0.29, 0.717) is 10.6 Å². The highest BCUT2D eigenvalue weighted by Crippen LogP contribution is 2.53. The molecule has 4 rings (SSSR count). The molecule has 7 heteroatoms. The molecular weight excluding hydrogens is 446 g/mol. The van der Waals surface area contributed by atoms with Crippen LogP contribution in [0.2, 0.25) is 5.02 Å². The molecule has 3 atom stereocenters. The maximum atomic E-state index is 13.6. The summed E-state index contributed by atoms with van der Waals surface area (Å²) in [4.78, 5) is 12.9. The Hall–Kier alpha value is -2.93. The number of esters is 1. The van der Waals surface area contributed by atoms with Crippen LogP contribution in [0.3, 0.4) is 0 Å². The normalized spacial score (nSPS) is 20.6. The van der Waals surface area contributed by atoms with Gasteiger partial charge in [0, 0.05) is 5.02 Å². The van der Waals surface area contributed by atoms with E-state index in [1.54, 1.807) is 54.6 Å². The number of aryl methyl sites for hydroxylation is 1. The van der Waals surface area contributed by atoms with Crippen LogP contribution in [0.5, 0.6) is 0 Å². The van der Waals surface area contributed by atoms with Crippen molar-refractivity contribution in [1.82, 2.24) is 4.31 Å². The summed E-state index contributed by atoms with van der Waals surface area (Å²) >= 11 is 6.43. The van der Waals surface area contributed by atoms with Crippen molar-refractivity contribution in [3.05, 3.63) is 106 Å².